The molecule has 9 heteroatoms. The van der Waals surface area contributed by atoms with Gasteiger partial charge in [-0.25, -0.2) is 4.79 Å². The van der Waals surface area contributed by atoms with Crippen LogP contribution >= 0.6 is 11.6 Å². The fourth-order valence-corrected chi connectivity index (χ4v) is 5.38. The zero-order chi connectivity index (χ0) is 25.3. The van der Waals surface area contributed by atoms with Crippen LogP contribution in [-0.4, -0.2) is 38.9 Å². The van der Waals surface area contributed by atoms with Gasteiger partial charge in [0.1, 0.15) is 11.5 Å². The van der Waals surface area contributed by atoms with Gasteiger partial charge in [-0.1, -0.05) is 17.7 Å². The maximum atomic E-state index is 13.5. The molecule has 2 aromatic carbocycles. The number of aromatic nitrogens is 1. The van der Waals surface area contributed by atoms with Gasteiger partial charge in [0.15, 0.2) is 0 Å². The van der Waals surface area contributed by atoms with Crippen LogP contribution in [0.15, 0.2) is 70.4 Å². The first kappa shape index (κ1) is 22.2. The minimum absolute atomic E-state index is 0.0813. The number of carboxylic acids is 1. The number of amides is 2. The van der Waals surface area contributed by atoms with Crippen LogP contribution in [0.3, 0.4) is 0 Å². The molecular weight excluding hydrogens is 482 g/mol. The predicted molar refractivity (Wildman–Crippen MR) is 134 cm³/mol. The van der Waals surface area contributed by atoms with E-state index < -0.39 is 11.9 Å². The fraction of sp³-hybridized carbons (Fsp3) is 0.148. The van der Waals surface area contributed by atoms with Crippen molar-refractivity contribution in [2.24, 2.45) is 7.05 Å². The van der Waals surface area contributed by atoms with E-state index >= 15 is 0 Å². The Bertz CT molecular complexity index is 1660. The Labute approximate surface area is 210 Å². The number of rotatable bonds is 3. The Hall–Kier alpha value is -4.30. The van der Waals surface area contributed by atoms with Crippen molar-refractivity contribution in [1.82, 2.24) is 9.47 Å². The first-order valence-corrected chi connectivity index (χ1v) is 11.7. The van der Waals surface area contributed by atoms with E-state index in [1.807, 2.05) is 36.0 Å². The summed E-state index contributed by atoms with van der Waals surface area (Å²) in [5.41, 5.74) is 4.31. The van der Waals surface area contributed by atoms with Crippen molar-refractivity contribution in [3.63, 3.8) is 0 Å². The van der Waals surface area contributed by atoms with Crippen molar-refractivity contribution in [1.29, 1.82) is 0 Å². The quantitative estimate of drug-likeness (QED) is 0.410. The average molecular weight is 502 g/mol. The van der Waals surface area contributed by atoms with Crippen molar-refractivity contribution in [2.75, 3.05) is 11.9 Å². The van der Waals surface area contributed by atoms with Crippen LogP contribution in [0, 0.1) is 0 Å². The van der Waals surface area contributed by atoms with Crippen molar-refractivity contribution in [3.05, 3.63) is 87.9 Å². The molecule has 0 unspecified atom stereocenters. The number of nitrogens with one attached hydrogen (secondary N) is 1. The summed E-state index contributed by atoms with van der Waals surface area (Å²) >= 11 is 6.38. The van der Waals surface area contributed by atoms with Crippen LogP contribution < -0.4 is 5.32 Å². The summed E-state index contributed by atoms with van der Waals surface area (Å²) in [4.78, 5) is 38.5. The van der Waals surface area contributed by atoms with Gasteiger partial charge in [0.05, 0.1) is 34.1 Å². The first-order chi connectivity index (χ1) is 17.2. The third-order valence-electron chi connectivity index (χ3n) is 6.82. The second kappa shape index (κ2) is 7.86. The highest BCUT2D eigenvalue weighted by molar-refractivity contribution is 6.33. The summed E-state index contributed by atoms with van der Waals surface area (Å²) in [6.07, 6.45) is 1.97. The highest BCUT2D eigenvalue weighted by Crippen LogP contribution is 2.47. The van der Waals surface area contributed by atoms with E-state index in [0.29, 0.717) is 33.4 Å². The maximum Gasteiger partial charge on any atom is 0.335 e. The standard InChI is InChI=1S/C27H20ClN3O5/c1-13(32)31-12-19-25(26(31)33)24(16-11-30(2)20-5-3-4-18(29-19)23(16)20)22-9-8-21(36-22)15-10-14(27(34)35)6-7-17(15)28/h3-11,24,29H,12H2,1-2H3,(H,34,35)/t24-/m0/s1. The van der Waals surface area contributed by atoms with E-state index in [0.717, 1.165) is 22.2 Å². The van der Waals surface area contributed by atoms with Crippen molar-refractivity contribution in [2.45, 2.75) is 12.8 Å². The number of benzene rings is 2. The average Bonchev–Trinajstić information content (AvgIpc) is 3.51. The molecule has 2 aliphatic rings. The number of carbonyl (C=O) groups excluding carboxylic acids is 2. The topological polar surface area (TPSA) is 105 Å². The molecule has 0 fully saturated rings. The van der Waals surface area contributed by atoms with Gasteiger partial charge in [0.2, 0.25) is 5.91 Å². The summed E-state index contributed by atoms with van der Waals surface area (Å²) in [6.45, 7) is 1.52. The summed E-state index contributed by atoms with van der Waals surface area (Å²) in [7, 11) is 1.94. The largest absolute Gasteiger partial charge is 0.478 e. The first-order valence-electron chi connectivity index (χ1n) is 11.3. The lowest BCUT2D eigenvalue weighted by molar-refractivity contribution is -0.139. The fourth-order valence-electron chi connectivity index (χ4n) is 5.17. The normalized spacial score (nSPS) is 16.8. The Morgan fingerprint density at radius 1 is 1.17 bits per heavy atom. The van der Waals surface area contributed by atoms with E-state index in [-0.39, 0.29) is 23.9 Å². The lowest BCUT2D eigenvalue weighted by atomic mass is 9.88. The van der Waals surface area contributed by atoms with Crippen molar-refractivity contribution in [3.8, 4) is 11.3 Å². The lowest BCUT2D eigenvalue weighted by Gasteiger charge is -2.17. The van der Waals surface area contributed by atoms with Gasteiger partial charge >= 0.3 is 5.97 Å². The monoisotopic (exact) mass is 501 g/mol. The summed E-state index contributed by atoms with van der Waals surface area (Å²) in [5.74, 6) is -1.51. The van der Waals surface area contributed by atoms with Gasteiger partial charge in [-0.3, -0.25) is 14.5 Å². The van der Waals surface area contributed by atoms with Gasteiger partial charge in [-0.05, 0) is 48.0 Å². The minimum Gasteiger partial charge on any atom is -0.478 e. The second-order valence-electron chi connectivity index (χ2n) is 8.96. The SMILES string of the molecule is CC(=O)N1CC2=C(C1=O)[C@H](c1ccc(-c3cc(C(=O)O)ccc3Cl)o1)c1cn(C)c3cccc(c13)N2. The van der Waals surface area contributed by atoms with Crippen LogP contribution in [-0.2, 0) is 16.6 Å². The summed E-state index contributed by atoms with van der Waals surface area (Å²) in [6, 6.07) is 13.8. The van der Waals surface area contributed by atoms with Crippen LogP contribution in [0.5, 0.6) is 0 Å². The third kappa shape index (κ3) is 3.18. The van der Waals surface area contributed by atoms with Gasteiger partial charge in [0.25, 0.3) is 5.91 Å². The molecule has 1 atom stereocenters. The van der Waals surface area contributed by atoms with Crippen molar-refractivity contribution < 1.29 is 23.9 Å². The Kier molecular flexibility index (Phi) is 4.84. The van der Waals surface area contributed by atoms with Gasteiger partial charge < -0.3 is 19.4 Å². The number of aryl methyl sites for hydroxylation is 1. The highest BCUT2D eigenvalue weighted by Gasteiger charge is 2.42. The molecule has 0 saturated carbocycles. The van der Waals surface area contributed by atoms with Gasteiger partial charge in [-0.2, -0.15) is 0 Å². The molecule has 0 radical (unpaired) electrons. The molecule has 8 nitrogen and oxygen atoms in total. The molecule has 0 spiro atoms. The second-order valence-corrected chi connectivity index (χ2v) is 9.36. The number of anilines is 1. The molecule has 2 N–H and O–H groups in total. The molecule has 2 aromatic heterocycles. The molecule has 0 saturated heterocycles. The highest BCUT2D eigenvalue weighted by atomic mass is 35.5. The predicted octanol–water partition coefficient (Wildman–Crippen LogP) is 4.99. The number of carbonyl (C=O) groups is 3. The molecule has 4 heterocycles. The summed E-state index contributed by atoms with van der Waals surface area (Å²) < 4.78 is 8.28. The van der Waals surface area contributed by atoms with E-state index in [4.69, 9.17) is 16.0 Å². The lowest BCUT2D eigenvalue weighted by Crippen LogP contribution is -2.33. The van der Waals surface area contributed by atoms with Crippen LogP contribution in [0.4, 0.5) is 5.69 Å². The maximum absolute atomic E-state index is 13.5. The number of furan rings is 1. The van der Waals surface area contributed by atoms with E-state index in [9.17, 15) is 19.5 Å². The molecule has 0 aliphatic carbocycles. The molecule has 6 rings (SSSR count). The van der Waals surface area contributed by atoms with Crippen LogP contribution in [0.1, 0.15) is 34.5 Å². The van der Waals surface area contributed by atoms with Gasteiger partial charge in [0, 0.05) is 42.5 Å². The number of aromatic carboxylic acids is 1. The molecular formula is C27H20ClN3O5. The van der Waals surface area contributed by atoms with E-state index in [2.05, 4.69) is 5.32 Å². The van der Waals surface area contributed by atoms with E-state index in [1.165, 1.54) is 30.0 Å². The number of hydrogen-bond donors (Lipinski definition) is 2. The zero-order valence-electron chi connectivity index (χ0n) is 19.3. The number of halogens is 1. The zero-order valence-corrected chi connectivity index (χ0v) is 20.1. The number of hydrogen-bond acceptors (Lipinski definition) is 5. The summed E-state index contributed by atoms with van der Waals surface area (Å²) in [5, 5.41) is 14.1. The van der Waals surface area contributed by atoms with E-state index in [1.54, 1.807) is 12.1 Å². The Balaban J connectivity index is 1.56. The van der Waals surface area contributed by atoms with Crippen molar-refractivity contribution >= 4 is 46.0 Å². The number of imide groups is 1. The Morgan fingerprint density at radius 2 is 1.97 bits per heavy atom. The molecule has 0 bridgehead atoms. The van der Waals surface area contributed by atoms with Crippen LogP contribution in [0.25, 0.3) is 22.2 Å². The Morgan fingerprint density at radius 3 is 2.72 bits per heavy atom. The van der Waals surface area contributed by atoms with Gasteiger partial charge in [-0.15, -0.1) is 0 Å². The molecule has 2 aliphatic heterocycles. The number of nitrogens with zero attached hydrogens (tertiary/aromatic N) is 2. The third-order valence-corrected chi connectivity index (χ3v) is 7.15. The molecule has 2 amide bonds. The smallest absolute Gasteiger partial charge is 0.335 e. The van der Waals surface area contributed by atoms with Crippen LogP contribution in [0.2, 0.25) is 5.02 Å². The molecule has 36 heavy (non-hydrogen) atoms. The minimum atomic E-state index is -1.08. The molecule has 4 aromatic rings. The number of carboxylic acid groups (broad SMARTS) is 1. The molecule has 180 valence electrons.